The average Bonchev–Trinajstić information content (AvgIpc) is 2.84. The third-order valence-electron chi connectivity index (χ3n) is 2.33. The van der Waals surface area contributed by atoms with Crippen molar-refractivity contribution in [3.63, 3.8) is 0 Å². The van der Waals surface area contributed by atoms with Crippen LogP contribution in [0.15, 0.2) is 12.1 Å². The van der Waals surface area contributed by atoms with Crippen LogP contribution in [0, 0.1) is 10.1 Å². The molecule has 2 aromatic rings. The number of nitrogens with one attached hydrogen (secondary N) is 1. The predicted molar refractivity (Wildman–Crippen MR) is 76.9 cm³/mol. The summed E-state index contributed by atoms with van der Waals surface area (Å²) in [5, 5.41) is 18.4. The van der Waals surface area contributed by atoms with Crippen molar-refractivity contribution in [2.24, 2.45) is 0 Å². The monoisotopic (exact) mass is 334 g/mol. The molecule has 7 nitrogen and oxygen atoms in total. The molecular formula is C10H8Cl2N4O3S. The first kappa shape index (κ1) is 14.8. The summed E-state index contributed by atoms with van der Waals surface area (Å²) < 4.78 is 9.25. The number of aromatic nitrogens is 2. The normalized spacial score (nSPS) is 10.3. The summed E-state index contributed by atoms with van der Waals surface area (Å²) in [6.45, 7) is 0.101. The van der Waals surface area contributed by atoms with E-state index in [1.807, 2.05) is 0 Å². The lowest BCUT2D eigenvalue weighted by Gasteiger charge is -2.09. The molecule has 0 radical (unpaired) electrons. The van der Waals surface area contributed by atoms with Crippen molar-refractivity contribution in [1.29, 1.82) is 0 Å². The number of hydrogen-bond donors (Lipinski definition) is 1. The Kier molecular flexibility index (Phi) is 4.58. The maximum absolute atomic E-state index is 10.7. The molecule has 0 fully saturated rings. The zero-order chi connectivity index (χ0) is 14.7. The third kappa shape index (κ3) is 3.09. The molecule has 10 heteroatoms. The van der Waals surface area contributed by atoms with Crippen molar-refractivity contribution < 1.29 is 9.66 Å². The van der Waals surface area contributed by atoms with Gasteiger partial charge in [0.15, 0.2) is 5.75 Å². The van der Waals surface area contributed by atoms with Crippen LogP contribution in [0.1, 0.15) is 5.69 Å². The molecule has 0 bridgehead atoms. The topological polar surface area (TPSA) is 90.2 Å². The van der Waals surface area contributed by atoms with E-state index in [0.29, 0.717) is 5.69 Å². The van der Waals surface area contributed by atoms with Gasteiger partial charge in [0.25, 0.3) is 5.69 Å². The minimum atomic E-state index is -0.578. The maximum atomic E-state index is 10.7. The zero-order valence-electron chi connectivity index (χ0n) is 10.1. The average molecular weight is 335 g/mol. The number of ether oxygens (including phenoxy) is 1. The van der Waals surface area contributed by atoms with Gasteiger partial charge < -0.3 is 10.1 Å². The summed E-state index contributed by atoms with van der Waals surface area (Å²) in [7, 11) is 1.74. The van der Waals surface area contributed by atoms with Crippen molar-refractivity contribution in [2.45, 2.75) is 6.61 Å². The number of nitro groups is 1. The van der Waals surface area contributed by atoms with Crippen molar-refractivity contribution >= 4 is 45.4 Å². The van der Waals surface area contributed by atoms with Gasteiger partial charge in [-0.3, -0.25) is 10.1 Å². The Morgan fingerprint density at radius 2 is 2.10 bits per heavy atom. The highest BCUT2D eigenvalue weighted by Gasteiger charge is 2.17. The molecule has 1 heterocycles. The number of nitro benzene ring substituents is 1. The first-order chi connectivity index (χ1) is 9.52. The van der Waals surface area contributed by atoms with E-state index in [1.165, 1.54) is 23.7 Å². The van der Waals surface area contributed by atoms with E-state index < -0.39 is 4.92 Å². The van der Waals surface area contributed by atoms with Gasteiger partial charge >= 0.3 is 0 Å². The van der Waals surface area contributed by atoms with Gasteiger partial charge in [0.05, 0.1) is 15.0 Å². The highest BCUT2D eigenvalue weighted by molar-refractivity contribution is 7.10. The van der Waals surface area contributed by atoms with E-state index in [0.717, 1.165) is 5.00 Å². The van der Waals surface area contributed by atoms with E-state index in [4.69, 9.17) is 27.9 Å². The Hall–Kier alpha value is -1.64. The lowest BCUT2D eigenvalue weighted by atomic mass is 10.3. The van der Waals surface area contributed by atoms with Crippen LogP contribution in [0.2, 0.25) is 10.0 Å². The van der Waals surface area contributed by atoms with E-state index in [1.54, 1.807) is 7.05 Å². The third-order valence-corrected chi connectivity index (χ3v) is 3.68. The molecule has 0 unspecified atom stereocenters. The molecule has 1 aromatic heterocycles. The van der Waals surface area contributed by atoms with Gasteiger partial charge in [0.2, 0.25) is 0 Å². The first-order valence-electron chi connectivity index (χ1n) is 5.28. The van der Waals surface area contributed by atoms with Crippen molar-refractivity contribution in [3.05, 3.63) is 38.0 Å². The molecule has 2 rings (SSSR count). The van der Waals surface area contributed by atoms with Crippen molar-refractivity contribution in [3.8, 4) is 5.75 Å². The van der Waals surface area contributed by atoms with E-state index >= 15 is 0 Å². The van der Waals surface area contributed by atoms with E-state index in [-0.39, 0.29) is 28.1 Å². The summed E-state index contributed by atoms with van der Waals surface area (Å²) in [6.07, 6.45) is 0. The molecule has 0 saturated carbocycles. The highest BCUT2D eigenvalue weighted by atomic mass is 35.5. The Morgan fingerprint density at radius 3 is 2.65 bits per heavy atom. The molecule has 106 valence electrons. The molecule has 0 atom stereocenters. The summed E-state index contributed by atoms with van der Waals surface area (Å²) in [6, 6.07) is 2.36. The fraction of sp³-hybridized carbons (Fsp3) is 0.200. The SMILES string of the molecule is CNc1snnc1COc1c(Cl)cc([N+](=O)[O-])cc1Cl. The van der Waals surface area contributed by atoms with Crippen LogP contribution in [0.5, 0.6) is 5.75 Å². The standard InChI is InChI=1S/C10H8Cl2N4O3S/c1-13-10-8(14-15-20-10)4-19-9-6(11)2-5(16(17)18)3-7(9)12/h2-3,13H,4H2,1H3. The van der Waals surface area contributed by atoms with Crippen molar-refractivity contribution in [2.75, 3.05) is 12.4 Å². The van der Waals surface area contributed by atoms with Gasteiger partial charge in [-0.25, -0.2) is 0 Å². The fourth-order valence-electron chi connectivity index (χ4n) is 1.42. The van der Waals surface area contributed by atoms with Crippen LogP contribution < -0.4 is 10.1 Å². The molecular weight excluding hydrogens is 327 g/mol. The lowest BCUT2D eigenvalue weighted by molar-refractivity contribution is -0.384. The molecule has 1 N–H and O–H groups in total. The number of non-ortho nitro benzene ring substituents is 1. The van der Waals surface area contributed by atoms with Crippen LogP contribution in [-0.2, 0) is 6.61 Å². The van der Waals surface area contributed by atoms with Gasteiger partial charge in [-0.1, -0.05) is 27.7 Å². The van der Waals surface area contributed by atoms with Crippen LogP contribution in [0.3, 0.4) is 0 Å². The molecule has 0 aliphatic rings. The number of hydrogen-bond acceptors (Lipinski definition) is 7. The largest absolute Gasteiger partial charge is 0.484 e. The Morgan fingerprint density at radius 1 is 1.45 bits per heavy atom. The molecule has 0 amide bonds. The molecule has 1 aromatic carbocycles. The van der Waals surface area contributed by atoms with Crippen LogP contribution in [-0.4, -0.2) is 21.6 Å². The molecule has 20 heavy (non-hydrogen) atoms. The van der Waals surface area contributed by atoms with Crippen LogP contribution in [0.4, 0.5) is 10.7 Å². The number of nitrogens with zero attached hydrogens (tertiary/aromatic N) is 3. The minimum absolute atomic E-state index is 0.0680. The lowest BCUT2D eigenvalue weighted by Crippen LogP contribution is -2.01. The molecule has 0 spiro atoms. The summed E-state index contributed by atoms with van der Waals surface area (Å²) in [5.41, 5.74) is 0.404. The maximum Gasteiger partial charge on any atom is 0.272 e. The molecule has 0 aliphatic carbocycles. The predicted octanol–water partition coefficient (Wildman–Crippen LogP) is 3.37. The van der Waals surface area contributed by atoms with E-state index in [9.17, 15) is 10.1 Å². The molecule has 0 aliphatic heterocycles. The summed E-state index contributed by atoms with van der Waals surface area (Å²) in [4.78, 5) is 10.1. The quantitative estimate of drug-likeness (QED) is 0.665. The second-order valence-corrected chi connectivity index (χ2v) is 5.15. The zero-order valence-corrected chi connectivity index (χ0v) is 12.4. The van der Waals surface area contributed by atoms with Gasteiger partial charge in [0.1, 0.15) is 17.3 Å². The Labute approximate surface area is 127 Å². The number of rotatable bonds is 5. The second-order valence-electron chi connectivity index (χ2n) is 3.58. The Bertz CT molecular complexity index is 626. The smallest absolute Gasteiger partial charge is 0.272 e. The number of halogens is 2. The first-order valence-corrected chi connectivity index (χ1v) is 6.81. The minimum Gasteiger partial charge on any atom is -0.484 e. The van der Waals surface area contributed by atoms with Gasteiger partial charge in [-0.05, 0) is 0 Å². The van der Waals surface area contributed by atoms with Crippen LogP contribution >= 0.6 is 34.7 Å². The number of benzene rings is 1. The Balaban J connectivity index is 2.20. The van der Waals surface area contributed by atoms with E-state index in [2.05, 4.69) is 14.9 Å². The fourth-order valence-corrected chi connectivity index (χ4v) is 2.53. The summed E-state index contributed by atoms with van der Waals surface area (Å²) >= 11 is 13.1. The van der Waals surface area contributed by atoms with Gasteiger partial charge in [-0.2, -0.15) is 0 Å². The van der Waals surface area contributed by atoms with Gasteiger partial charge in [0, 0.05) is 30.7 Å². The van der Waals surface area contributed by atoms with Crippen LogP contribution in [0.25, 0.3) is 0 Å². The molecule has 0 saturated heterocycles. The second kappa shape index (κ2) is 6.21. The summed E-state index contributed by atoms with van der Waals surface area (Å²) in [5.74, 6) is 0.175. The van der Waals surface area contributed by atoms with Gasteiger partial charge in [-0.15, -0.1) is 5.10 Å². The van der Waals surface area contributed by atoms with Crippen molar-refractivity contribution in [1.82, 2.24) is 9.59 Å². The number of anilines is 1. The highest BCUT2D eigenvalue weighted by Crippen LogP contribution is 2.37.